The van der Waals surface area contributed by atoms with Gasteiger partial charge in [-0.3, -0.25) is 0 Å². The molecule has 3 N–H and O–H groups in total. The van der Waals surface area contributed by atoms with Gasteiger partial charge in [0.05, 0.1) is 11.4 Å². The highest BCUT2D eigenvalue weighted by atomic mass is 35.5. The Morgan fingerprint density at radius 1 is 1.44 bits per heavy atom. The molecule has 0 unspecified atom stereocenters. The quantitative estimate of drug-likeness (QED) is 0.768. The van der Waals surface area contributed by atoms with Gasteiger partial charge in [-0.25, -0.2) is 4.79 Å². The van der Waals surface area contributed by atoms with Gasteiger partial charge in [0.25, 0.3) is 0 Å². The molecule has 0 spiro atoms. The number of nitrogens with one attached hydrogen (secondary N) is 1. The number of nitrogens with zero attached hydrogens (tertiary/aromatic N) is 1. The summed E-state index contributed by atoms with van der Waals surface area (Å²) in [6.45, 7) is 3.81. The molecule has 2 amide bonds. The maximum atomic E-state index is 12.1. The Bertz CT molecular complexity index is 442. The first kappa shape index (κ1) is 13.0. The molecule has 18 heavy (non-hydrogen) atoms. The predicted octanol–water partition coefficient (Wildman–Crippen LogP) is 3.19. The fourth-order valence-corrected chi connectivity index (χ4v) is 2.21. The fraction of sp³-hybridized carbons (Fsp3) is 0.462. The van der Waals surface area contributed by atoms with Gasteiger partial charge in [-0.15, -0.1) is 0 Å². The zero-order chi connectivity index (χ0) is 13.1. The molecule has 4 nitrogen and oxygen atoms in total. The van der Waals surface area contributed by atoms with E-state index in [0.717, 1.165) is 25.9 Å². The van der Waals surface area contributed by atoms with Gasteiger partial charge in [0.1, 0.15) is 0 Å². The summed E-state index contributed by atoms with van der Waals surface area (Å²) in [5, 5.41) is 3.37. The van der Waals surface area contributed by atoms with Crippen LogP contribution in [-0.4, -0.2) is 24.0 Å². The van der Waals surface area contributed by atoms with E-state index in [0.29, 0.717) is 22.3 Å². The van der Waals surface area contributed by atoms with E-state index in [2.05, 4.69) is 12.2 Å². The van der Waals surface area contributed by atoms with Gasteiger partial charge in [-0.2, -0.15) is 0 Å². The van der Waals surface area contributed by atoms with Crippen molar-refractivity contribution in [2.45, 2.75) is 19.8 Å². The van der Waals surface area contributed by atoms with E-state index >= 15 is 0 Å². The molecule has 0 radical (unpaired) electrons. The summed E-state index contributed by atoms with van der Waals surface area (Å²) in [6.07, 6.45) is 2.11. The summed E-state index contributed by atoms with van der Waals surface area (Å²) >= 11 is 5.88. The second-order valence-electron chi connectivity index (χ2n) is 4.83. The van der Waals surface area contributed by atoms with Gasteiger partial charge < -0.3 is 16.0 Å². The number of halogens is 1. The van der Waals surface area contributed by atoms with Crippen molar-refractivity contribution in [2.24, 2.45) is 5.92 Å². The van der Waals surface area contributed by atoms with E-state index in [4.69, 9.17) is 17.3 Å². The highest BCUT2D eigenvalue weighted by Gasteiger charge is 2.20. The van der Waals surface area contributed by atoms with E-state index < -0.39 is 0 Å². The van der Waals surface area contributed by atoms with Crippen molar-refractivity contribution < 1.29 is 4.79 Å². The lowest BCUT2D eigenvalue weighted by Gasteiger charge is -2.30. The van der Waals surface area contributed by atoms with Gasteiger partial charge in [-0.05, 0) is 37.0 Å². The third-order valence-electron chi connectivity index (χ3n) is 3.33. The number of hydrogen-bond donors (Lipinski definition) is 2. The average Bonchev–Trinajstić information content (AvgIpc) is 2.34. The summed E-state index contributed by atoms with van der Waals surface area (Å²) in [7, 11) is 0. The number of rotatable bonds is 1. The lowest BCUT2D eigenvalue weighted by atomic mass is 10.00. The molecule has 1 aromatic rings. The van der Waals surface area contributed by atoms with Crippen LogP contribution in [0.5, 0.6) is 0 Å². The number of carbonyl (C=O) groups excluding carboxylic acids is 1. The molecule has 2 rings (SSSR count). The van der Waals surface area contributed by atoms with E-state index in [1.165, 1.54) is 0 Å². The number of amides is 2. The number of likely N-dealkylation sites (tertiary alicyclic amines) is 1. The molecule has 1 aliphatic heterocycles. The number of carbonyl (C=O) groups is 1. The predicted molar refractivity (Wildman–Crippen MR) is 74.9 cm³/mol. The largest absolute Gasteiger partial charge is 0.397 e. The molecule has 0 aliphatic carbocycles. The minimum Gasteiger partial charge on any atom is -0.397 e. The van der Waals surface area contributed by atoms with Crippen LogP contribution in [0.4, 0.5) is 16.2 Å². The first-order chi connectivity index (χ1) is 8.56. The third kappa shape index (κ3) is 3.07. The molecule has 1 fully saturated rings. The van der Waals surface area contributed by atoms with Crippen LogP contribution in [0.1, 0.15) is 19.8 Å². The zero-order valence-corrected chi connectivity index (χ0v) is 11.2. The van der Waals surface area contributed by atoms with Crippen molar-refractivity contribution in [2.75, 3.05) is 24.1 Å². The Morgan fingerprint density at radius 3 is 2.78 bits per heavy atom. The second kappa shape index (κ2) is 5.48. The highest BCUT2D eigenvalue weighted by Crippen LogP contribution is 2.24. The lowest BCUT2D eigenvalue weighted by Crippen LogP contribution is -2.40. The van der Waals surface area contributed by atoms with Crippen LogP contribution in [0.15, 0.2) is 18.2 Å². The topological polar surface area (TPSA) is 58.4 Å². The number of anilines is 2. The molecule has 1 aliphatic rings. The van der Waals surface area contributed by atoms with Gasteiger partial charge >= 0.3 is 6.03 Å². The third-order valence-corrected chi connectivity index (χ3v) is 3.56. The van der Waals surface area contributed by atoms with Crippen molar-refractivity contribution in [1.82, 2.24) is 4.90 Å². The molecule has 0 aromatic heterocycles. The van der Waals surface area contributed by atoms with Crippen LogP contribution in [0.25, 0.3) is 0 Å². The number of hydrogen-bond acceptors (Lipinski definition) is 2. The number of piperidine rings is 1. The van der Waals surface area contributed by atoms with Gasteiger partial charge in [0, 0.05) is 18.1 Å². The first-order valence-corrected chi connectivity index (χ1v) is 6.55. The molecular formula is C13H18ClN3O. The molecule has 0 saturated carbocycles. The summed E-state index contributed by atoms with van der Waals surface area (Å²) in [4.78, 5) is 13.9. The van der Waals surface area contributed by atoms with E-state index in [1.807, 2.05) is 4.90 Å². The van der Waals surface area contributed by atoms with Crippen LogP contribution >= 0.6 is 11.6 Å². The fourth-order valence-electron chi connectivity index (χ4n) is 2.04. The minimum absolute atomic E-state index is 0.101. The van der Waals surface area contributed by atoms with Crippen LogP contribution in [-0.2, 0) is 0 Å². The van der Waals surface area contributed by atoms with Gasteiger partial charge in [0.15, 0.2) is 0 Å². The molecule has 5 heteroatoms. The Morgan fingerprint density at radius 2 is 2.11 bits per heavy atom. The van der Waals surface area contributed by atoms with Gasteiger partial charge in [0.2, 0.25) is 0 Å². The number of nitrogens with two attached hydrogens (primary N) is 1. The minimum atomic E-state index is -0.101. The van der Waals surface area contributed by atoms with Crippen molar-refractivity contribution in [3.63, 3.8) is 0 Å². The molecule has 1 aromatic carbocycles. The molecule has 0 bridgehead atoms. The van der Waals surface area contributed by atoms with Crippen molar-refractivity contribution in [3.8, 4) is 0 Å². The Balaban J connectivity index is 2.00. The van der Waals surface area contributed by atoms with Crippen LogP contribution < -0.4 is 11.1 Å². The molecule has 98 valence electrons. The average molecular weight is 268 g/mol. The standard InChI is InChI=1S/C13H18ClN3O/c1-9-4-6-17(7-5-9)13(18)16-12-8-10(14)2-3-11(12)15/h2-3,8-9H,4-7,15H2,1H3,(H,16,18). The van der Waals surface area contributed by atoms with Crippen molar-refractivity contribution in [1.29, 1.82) is 0 Å². The Hall–Kier alpha value is -1.42. The summed E-state index contributed by atoms with van der Waals surface area (Å²) in [5.74, 6) is 0.699. The molecule has 1 saturated heterocycles. The van der Waals surface area contributed by atoms with Crippen molar-refractivity contribution in [3.05, 3.63) is 23.2 Å². The Labute approximate surface area is 112 Å². The maximum absolute atomic E-state index is 12.1. The lowest BCUT2D eigenvalue weighted by molar-refractivity contribution is 0.186. The summed E-state index contributed by atoms with van der Waals surface area (Å²) in [6, 6.07) is 4.96. The Kier molecular flexibility index (Phi) is 3.97. The normalized spacial score (nSPS) is 16.7. The van der Waals surface area contributed by atoms with Crippen LogP contribution in [0, 0.1) is 5.92 Å². The second-order valence-corrected chi connectivity index (χ2v) is 5.27. The molecule has 0 atom stereocenters. The monoisotopic (exact) mass is 267 g/mol. The molecular weight excluding hydrogens is 250 g/mol. The van der Waals surface area contributed by atoms with Crippen LogP contribution in [0.3, 0.4) is 0 Å². The van der Waals surface area contributed by atoms with Gasteiger partial charge in [-0.1, -0.05) is 18.5 Å². The smallest absolute Gasteiger partial charge is 0.321 e. The maximum Gasteiger partial charge on any atom is 0.321 e. The van der Waals surface area contributed by atoms with Crippen LogP contribution in [0.2, 0.25) is 5.02 Å². The number of nitrogen functional groups attached to an aromatic ring is 1. The highest BCUT2D eigenvalue weighted by molar-refractivity contribution is 6.31. The summed E-state index contributed by atoms with van der Waals surface area (Å²) < 4.78 is 0. The number of benzene rings is 1. The van der Waals surface area contributed by atoms with Crippen molar-refractivity contribution >= 4 is 29.0 Å². The SMILES string of the molecule is CC1CCN(C(=O)Nc2cc(Cl)ccc2N)CC1. The van der Waals surface area contributed by atoms with E-state index in [-0.39, 0.29) is 6.03 Å². The molecule has 1 heterocycles. The van der Waals surface area contributed by atoms with E-state index in [9.17, 15) is 4.79 Å². The summed E-state index contributed by atoms with van der Waals surface area (Å²) in [5.41, 5.74) is 6.90. The first-order valence-electron chi connectivity index (χ1n) is 6.17. The number of urea groups is 1. The zero-order valence-electron chi connectivity index (χ0n) is 10.4. The van der Waals surface area contributed by atoms with E-state index in [1.54, 1.807) is 18.2 Å².